The van der Waals surface area contributed by atoms with Crippen LogP contribution in [-0.2, 0) is 0 Å². The third-order valence-electron chi connectivity index (χ3n) is 10.0. The van der Waals surface area contributed by atoms with Gasteiger partial charge in [-0.1, -0.05) is 140 Å². The maximum atomic E-state index is 6.46. The summed E-state index contributed by atoms with van der Waals surface area (Å²) in [6, 6.07) is 66.9. The summed E-state index contributed by atoms with van der Waals surface area (Å²) in [7, 11) is 0. The molecule has 0 aliphatic rings. The lowest BCUT2D eigenvalue weighted by Crippen LogP contribution is -1.91. The summed E-state index contributed by atoms with van der Waals surface area (Å²) in [5, 5.41) is 7.11. The fraction of sp³-hybridized carbons (Fsp3) is 0. The van der Waals surface area contributed by atoms with Crippen LogP contribution in [0.5, 0.6) is 0 Å². The summed E-state index contributed by atoms with van der Waals surface area (Å²) in [6.07, 6.45) is 0. The van der Waals surface area contributed by atoms with E-state index in [1.807, 2.05) is 6.07 Å². The highest BCUT2D eigenvalue weighted by molar-refractivity contribution is 6.13. The Morgan fingerprint density at radius 1 is 0.314 bits per heavy atom. The van der Waals surface area contributed by atoms with E-state index >= 15 is 0 Å². The smallest absolute Gasteiger partial charge is 0.136 e. The molecule has 0 bridgehead atoms. The maximum absolute atomic E-state index is 6.46. The third-order valence-corrected chi connectivity index (χ3v) is 10.0. The highest BCUT2D eigenvalue weighted by atomic mass is 16.3. The lowest BCUT2D eigenvalue weighted by atomic mass is 9.95. The standard InChI is InChI=1S/C49H31NO/c1-3-10-32(11-4-1)42-30-45(34-13-5-2-6-14-34)50-46(31-42)43-16-9-17-48-49(43)44-29-41(24-25-47(44)51-48)40-23-22-38-27-37(20-21-39(38)28-40)36-19-18-33-12-7-8-15-35(33)26-36/h1-31H. The van der Waals surface area contributed by atoms with Crippen molar-refractivity contribution < 1.29 is 4.42 Å². The first-order valence-corrected chi connectivity index (χ1v) is 17.4. The lowest BCUT2D eigenvalue weighted by Gasteiger charge is -2.11. The molecule has 0 amide bonds. The molecular weight excluding hydrogens is 619 g/mol. The molecule has 10 rings (SSSR count). The van der Waals surface area contributed by atoms with Crippen LogP contribution in [0, 0.1) is 0 Å². The first-order valence-electron chi connectivity index (χ1n) is 17.4. The van der Waals surface area contributed by atoms with Gasteiger partial charge in [0.2, 0.25) is 0 Å². The Balaban J connectivity index is 1.08. The molecule has 0 fully saturated rings. The number of fused-ring (bicyclic) bond motifs is 5. The molecule has 0 radical (unpaired) electrons. The van der Waals surface area contributed by atoms with Gasteiger partial charge in [-0.25, -0.2) is 4.98 Å². The normalized spacial score (nSPS) is 11.5. The number of hydrogen-bond donors (Lipinski definition) is 0. The van der Waals surface area contributed by atoms with E-state index in [1.165, 1.54) is 38.2 Å². The van der Waals surface area contributed by atoms with Crippen molar-refractivity contribution in [2.45, 2.75) is 0 Å². The van der Waals surface area contributed by atoms with E-state index in [2.05, 4.69) is 182 Å². The fourth-order valence-corrected chi connectivity index (χ4v) is 7.42. The first kappa shape index (κ1) is 29.2. The second-order valence-electron chi connectivity index (χ2n) is 13.2. The number of benzene rings is 8. The van der Waals surface area contributed by atoms with E-state index in [9.17, 15) is 0 Å². The van der Waals surface area contributed by atoms with Crippen molar-refractivity contribution in [1.29, 1.82) is 0 Å². The second-order valence-corrected chi connectivity index (χ2v) is 13.2. The van der Waals surface area contributed by atoms with E-state index in [4.69, 9.17) is 9.40 Å². The Morgan fingerprint density at radius 3 is 1.57 bits per heavy atom. The summed E-state index contributed by atoms with van der Waals surface area (Å²) in [5.74, 6) is 0. The predicted molar refractivity (Wildman–Crippen MR) is 214 cm³/mol. The summed E-state index contributed by atoms with van der Waals surface area (Å²) in [5.41, 5.74) is 12.8. The molecule has 0 spiro atoms. The Kier molecular flexibility index (Phi) is 6.85. The zero-order valence-corrected chi connectivity index (χ0v) is 27.8. The van der Waals surface area contributed by atoms with Crippen molar-refractivity contribution in [2.75, 3.05) is 0 Å². The van der Waals surface area contributed by atoms with Crippen LogP contribution in [0.2, 0.25) is 0 Å². The molecule has 10 aromatic rings. The second kappa shape index (κ2) is 12.0. The van der Waals surface area contributed by atoms with Gasteiger partial charge in [-0.3, -0.25) is 0 Å². The van der Waals surface area contributed by atoms with Crippen LogP contribution in [0.3, 0.4) is 0 Å². The van der Waals surface area contributed by atoms with Gasteiger partial charge in [0.15, 0.2) is 0 Å². The van der Waals surface area contributed by atoms with Gasteiger partial charge in [0, 0.05) is 21.9 Å². The van der Waals surface area contributed by atoms with Gasteiger partial charge in [0.25, 0.3) is 0 Å². The van der Waals surface area contributed by atoms with Crippen LogP contribution in [0.15, 0.2) is 192 Å². The van der Waals surface area contributed by atoms with E-state index in [-0.39, 0.29) is 0 Å². The van der Waals surface area contributed by atoms with Crippen LogP contribution in [0.25, 0.3) is 99.4 Å². The molecule has 0 unspecified atom stereocenters. The topological polar surface area (TPSA) is 26.0 Å². The Hall–Kier alpha value is -6.77. The van der Waals surface area contributed by atoms with Crippen molar-refractivity contribution in [2.24, 2.45) is 0 Å². The van der Waals surface area contributed by atoms with Gasteiger partial charge in [-0.05, 0) is 103 Å². The zero-order chi connectivity index (χ0) is 33.7. The number of furan rings is 1. The third kappa shape index (κ3) is 5.26. The predicted octanol–water partition coefficient (Wildman–Crippen LogP) is 13.6. The Bertz CT molecular complexity index is 2850. The number of pyridine rings is 1. The molecule has 0 aliphatic heterocycles. The molecule has 0 saturated heterocycles. The van der Waals surface area contributed by atoms with E-state index in [0.29, 0.717) is 0 Å². The lowest BCUT2D eigenvalue weighted by molar-refractivity contribution is 0.669. The number of nitrogens with zero attached hydrogens (tertiary/aromatic N) is 1. The average molecular weight is 650 g/mol. The highest BCUT2D eigenvalue weighted by Crippen LogP contribution is 2.40. The Labute approximate surface area is 295 Å². The van der Waals surface area contributed by atoms with Crippen molar-refractivity contribution in [1.82, 2.24) is 4.98 Å². The molecular formula is C49H31NO. The van der Waals surface area contributed by atoms with Crippen molar-refractivity contribution in [3.63, 3.8) is 0 Å². The van der Waals surface area contributed by atoms with Crippen LogP contribution in [0.4, 0.5) is 0 Å². The van der Waals surface area contributed by atoms with Crippen LogP contribution in [-0.4, -0.2) is 4.98 Å². The molecule has 0 saturated carbocycles. The minimum absolute atomic E-state index is 0.854. The minimum atomic E-state index is 0.854. The van der Waals surface area contributed by atoms with Gasteiger partial charge in [-0.2, -0.15) is 0 Å². The van der Waals surface area contributed by atoms with Gasteiger partial charge in [-0.15, -0.1) is 0 Å². The molecule has 2 heterocycles. The Morgan fingerprint density at radius 2 is 0.863 bits per heavy atom. The number of rotatable bonds is 5. The van der Waals surface area contributed by atoms with E-state index in [1.54, 1.807) is 0 Å². The molecule has 2 heteroatoms. The summed E-state index contributed by atoms with van der Waals surface area (Å²) in [6.45, 7) is 0. The number of hydrogen-bond acceptors (Lipinski definition) is 2. The SMILES string of the molecule is c1ccc(-c2cc(-c3ccccc3)nc(-c3cccc4oc5ccc(-c6ccc7cc(-c8ccc9ccccc9c8)ccc7c6)cc5c34)c2)cc1. The monoisotopic (exact) mass is 649 g/mol. The van der Waals surface area contributed by atoms with E-state index < -0.39 is 0 Å². The molecule has 51 heavy (non-hydrogen) atoms. The van der Waals surface area contributed by atoms with Crippen molar-refractivity contribution >= 4 is 43.5 Å². The van der Waals surface area contributed by atoms with Gasteiger partial charge >= 0.3 is 0 Å². The molecule has 2 nitrogen and oxygen atoms in total. The van der Waals surface area contributed by atoms with Crippen LogP contribution in [0.1, 0.15) is 0 Å². The minimum Gasteiger partial charge on any atom is -0.456 e. The largest absolute Gasteiger partial charge is 0.456 e. The average Bonchev–Trinajstić information content (AvgIpc) is 3.59. The molecule has 238 valence electrons. The van der Waals surface area contributed by atoms with Crippen LogP contribution < -0.4 is 0 Å². The molecule has 8 aromatic carbocycles. The summed E-state index contributed by atoms with van der Waals surface area (Å²) in [4.78, 5) is 5.25. The quantitative estimate of drug-likeness (QED) is 0.185. The molecule has 0 N–H and O–H groups in total. The first-order chi connectivity index (χ1) is 25.2. The maximum Gasteiger partial charge on any atom is 0.136 e. The fourth-order valence-electron chi connectivity index (χ4n) is 7.42. The molecule has 0 atom stereocenters. The summed E-state index contributed by atoms with van der Waals surface area (Å²) < 4.78 is 6.46. The van der Waals surface area contributed by atoms with Crippen molar-refractivity contribution in [3.05, 3.63) is 188 Å². The zero-order valence-electron chi connectivity index (χ0n) is 27.8. The molecule has 2 aromatic heterocycles. The van der Waals surface area contributed by atoms with Crippen LogP contribution >= 0.6 is 0 Å². The van der Waals surface area contributed by atoms with Gasteiger partial charge < -0.3 is 4.42 Å². The van der Waals surface area contributed by atoms with Gasteiger partial charge in [0.05, 0.1) is 11.4 Å². The van der Waals surface area contributed by atoms with Gasteiger partial charge in [0.1, 0.15) is 11.2 Å². The number of aromatic nitrogens is 1. The van der Waals surface area contributed by atoms with E-state index in [0.717, 1.165) is 61.1 Å². The molecule has 0 aliphatic carbocycles. The van der Waals surface area contributed by atoms with Crippen molar-refractivity contribution in [3.8, 4) is 55.9 Å². The highest BCUT2D eigenvalue weighted by Gasteiger charge is 2.17. The summed E-state index contributed by atoms with van der Waals surface area (Å²) >= 11 is 0.